The van der Waals surface area contributed by atoms with E-state index in [1.165, 1.54) is 18.3 Å². The number of thiazole rings is 1. The highest BCUT2D eigenvalue weighted by molar-refractivity contribution is 7.14. The number of anilines is 1. The molecule has 0 saturated carbocycles. The highest BCUT2D eigenvalue weighted by Gasteiger charge is 2.10. The summed E-state index contributed by atoms with van der Waals surface area (Å²) in [6.45, 7) is 4.13. The van der Waals surface area contributed by atoms with E-state index >= 15 is 0 Å². The van der Waals surface area contributed by atoms with Gasteiger partial charge in [-0.3, -0.25) is 14.9 Å². The number of nitrogens with zero attached hydrogens (tertiary/aromatic N) is 1. The van der Waals surface area contributed by atoms with Gasteiger partial charge in [0.2, 0.25) is 5.91 Å². The predicted octanol–water partition coefficient (Wildman–Crippen LogP) is 4.05. The third-order valence-electron chi connectivity index (χ3n) is 4.08. The molecule has 6 heteroatoms. The van der Waals surface area contributed by atoms with Crippen LogP contribution in [0.3, 0.4) is 0 Å². The van der Waals surface area contributed by atoms with Crippen molar-refractivity contribution in [2.75, 3.05) is 11.9 Å². The number of hydrogen-bond acceptors (Lipinski definition) is 4. The third-order valence-corrected chi connectivity index (χ3v) is 4.83. The summed E-state index contributed by atoms with van der Waals surface area (Å²) in [5.74, 6) is -0.182. The van der Waals surface area contributed by atoms with Gasteiger partial charge in [-0.15, -0.1) is 11.3 Å². The Balaban J connectivity index is 1.62. The molecule has 138 valence electrons. The predicted molar refractivity (Wildman–Crippen MR) is 109 cm³/mol. The number of rotatable bonds is 6. The molecule has 27 heavy (non-hydrogen) atoms. The molecule has 1 heterocycles. The normalized spacial score (nSPS) is 10.4. The summed E-state index contributed by atoms with van der Waals surface area (Å²) in [4.78, 5) is 27.7. The Morgan fingerprint density at radius 2 is 1.74 bits per heavy atom. The highest BCUT2D eigenvalue weighted by Crippen LogP contribution is 2.25. The van der Waals surface area contributed by atoms with E-state index in [1.807, 2.05) is 48.7 Å². The van der Waals surface area contributed by atoms with E-state index in [2.05, 4.69) is 15.6 Å². The maximum Gasteiger partial charge on any atom is 0.257 e. The number of amides is 2. The van der Waals surface area contributed by atoms with E-state index in [4.69, 9.17) is 0 Å². The summed E-state index contributed by atoms with van der Waals surface area (Å²) >= 11 is 1.40. The van der Waals surface area contributed by atoms with E-state index in [-0.39, 0.29) is 11.8 Å². The van der Waals surface area contributed by atoms with Crippen molar-refractivity contribution in [3.05, 3.63) is 70.6 Å². The summed E-state index contributed by atoms with van der Waals surface area (Å²) in [6, 6.07) is 15.5. The van der Waals surface area contributed by atoms with E-state index in [0.29, 0.717) is 17.2 Å². The quantitative estimate of drug-likeness (QED) is 0.679. The molecule has 0 radical (unpaired) electrons. The van der Waals surface area contributed by atoms with Gasteiger partial charge in [-0.05, 0) is 31.0 Å². The summed E-state index contributed by atoms with van der Waals surface area (Å²) in [5.41, 5.74) is 4.69. The summed E-state index contributed by atoms with van der Waals surface area (Å²) in [6.07, 6.45) is 0.786. The zero-order chi connectivity index (χ0) is 19.2. The number of benzene rings is 2. The number of aromatic nitrogens is 1. The Labute approximate surface area is 162 Å². The fraction of sp³-hybridized carbons (Fsp3) is 0.190. The molecule has 2 aromatic carbocycles. The van der Waals surface area contributed by atoms with E-state index < -0.39 is 0 Å². The Hall–Kier alpha value is -2.99. The molecule has 5 nitrogen and oxygen atoms in total. The van der Waals surface area contributed by atoms with Crippen molar-refractivity contribution in [2.24, 2.45) is 0 Å². The van der Waals surface area contributed by atoms with Crippen molar-refractivity contribution in [3.63, 3.8) is 0 Å². The van der Waals surface area contributed by atoms with Crippen LogP contribution in [0.25, 0.3) is 11.3 Å². The number of carbonyl (C=O) groups is 2. The van der Waals surface area contributed by atoms with Crippen molar-refractivity contribution < 1.29 is 9.59 Å². The summed E-state index contributed by atoms with van der Waals surface area (Å²) < 4.78 is 0. The van der Waals surface area contributed by atoms with Gasteiger partial charge in [0, 0.05) is 30.0 Å². The van der Waals surface area contributed by atoms with Crippen LogP contribution in [0.4, 0.5) is 5.13 Å². The van der Waals surface area contributed by atoms with E-state index in [0.717, 1.165) is 28.8 Å². The maximum atomic E-state index is 12.3. The van der Waals surface area contributed by atoms with Gasteiger partial charge in [0.15, 0.2) is 5.13 Å². The minimum absolute atomic E-state index is 0.0192. The van der Waals surface area contributed by atoms with Gasteiger partial charge in [0.1, 0.15) is 0 Å². The van der Waals surface area contributed by atoms with E-state index in [9.17, 15) is 9.59 Å². The second-order valence-electron chi connectivity index (χ2n) is 6.29. The van der Waals surface area contributed by atoms with Crippen molar-refractivity contribution in [1.82, 2.24) is 10.3 Å². The Morgan fingerprint density at radius 1 is 1.04 bits per heavy atom. The second kappa shape index (κ2) is 8.60. The zero-order valence-corrected chi connectivity index (χ0v) is 16.1. The minimum atomic E-state index is -0.163. The van der Waals surface area contributed by atoms with Gasteiger partial charge >= 0.3 is 0 Å². The van der Waals surface area contributed by atoms with Gasteiger partial charge in [-0.25, -0.2) is 4.98 Å². The molecule has 3 aromatic rings. The largest absolute Gasteiger partial charge is 0.356 e. The van der Waals surface area contributed by atoms with Crippen LogP contribution in [0, 0.1) is 6.92 Å². The molecule has 0 aliphatic rings. The average Bonchev–Trinajstić information content (AvgIpc) is 3.11. The number of aryl methyl sites for hydroxylation is 1. The lowest BCUT2D eigenvalue weighted by Gasteiger charge is -2.04. The zero-order valence-electron chi connectivity index (χ0n) is 15.3. The topological polar surface area (TPSA) is 71.1 Å². The van der Waals surface area contributed by atoms with Crippen molar-refractivity contribution in [2.45, 2.75) is 20.3 Å². The fourth-order valence-corrected chi connectivity index (χ4v) is 3.28. The van der Waals surface area contributed by atoms with Crippen molar-refractivity contribution in [1.29, 1.82) is 0 Å². The van der Waals surface area contributed by atoms with Gasteiger partial charge in [0.25, 0.3) is 5.91 Å². The lowest BCUT2D eigenvalue weighted by Crippen LogP contribution is -2.22. The molecule has 1 aromatic heterocycles. The van der Waals surface area contributed by atoms with Crippen LogP contribution < -0.4 is 10.6 Å². The molecule has 0 atom stereocenters. The lowest BCUT2D eigenvalue weighted by atomic mass is 10.1. The standard InChI is InChI=1S/C21H21N3O2S/c1-14-3-7-18(8-4-14)20(26)24-21-23-19(13-27-21)17-9-5-16(6-10-17)11-12-22-15(2)25/h3-10,13H,11-12H2,1-2H3,(H,22,25)(H,23,24,26). The summed E-state index contributed by atoms with van der Waals surface area (Å²) in [5, 5.41) is 8.14. The van der Waals surface area contributed by atoms with Crippen molar-refractivity contribution in [3.8, 4) is 11.3 Å². The molecule has 2 amide bonds. The van der Waals surface area contributed by atoms with Gasteiger partial charge in [-0.1, -0.05) is 42.0 Å². The first-order valence-corrected chi connectivity index (χ1v) is 9.56. The molecule has 0 bridgehead atoms. The minimum Gasteiger partial charge on any atom is -0.356 e. The number of hydrogen-bond donors (Lipinski definition) is 2. The van der Waals surface area contributed by atoms with Gasteiger partial charge in [-0.2, -0.15) is 0 Å². The molecular weight excluding hydrogens is 358 g/mol. The smallest absolute Gasteiger partial charge is 0.257 e. The molecule has 0 aliphatic carbocycles. The first-order valence-electron chi connectivity index (χ1n) is 8.68. The lowest BCUT2D eigenvalue weighted by molar-refractivity contribution is -0.118. The molecule has 0 unspecified atom stereocenters. The first-order chi connectivity index (χ1) is 13.0. The fourth-order valence-electron chi connectivity index (χ4n) is 2.56. The molecular formula is C21H21N3O2S. The van der Waals surface area contributed by atoms with Crippen LogP contribution >= 0.6 is 11.3 Å². The third kappa shape index (κ3) is 5.24. The Morgan fingerprint density at radius 3 is 2.41 bits per heavy atom. The average molecular weight is 379 g/mol. The van der Waals surface area contributed by atoms with Crippen LogP contribution in [0.15, 0.2) is 53.9 Å². The van der Waals surface area contributed by atoms with Gasteiger partial charge in [0.05, 0.1) is 5.69 Å². The highest BCUT2D eigenvalue weighted by atomic mass is 32.1. The molecule has 0 aliphatic heterocycles. The second-order valence-corrected chi connectivity index (χ2v) is 7.15. The SMILES string of the molecule is CC(=O)NCCc1ccc(-c2csc(NC(=O)c3ccc(C)cc3)n2)cc1. The molecule has 0 spiro atoms. The molecule has 0 fully saturated rings. The van der Waals surface area contributed by atoms with Crippen LogP contribution in [0.2, 0.25) is 0 Å². The number of nitrogens with one attached hydrogen (secondary N) is 2. The molecule has 2 N–H and O–H groups in total. The molecule has 0 saturated heterocycles. The van der Waals surface area contributed by atoms with Crippen LogP contribution in [-0.2, 0) is 11.2 Å². The number of carbonyl (C=O) groups excluding carboxylic acids is 2. The van der Waals surface area contributed by atoms with E-state index in [1.54, 1.807) is 12.1 Å². The summed E-state index contributed by atoms with van der Waals surface area (Å²) in [7, 11) is 0. The molecule has 3 rings (SSSR count). The van der Waals surface area contributed by atoms with Crippen LogP contribution in [0.5, 0.6) is 0 Å². The van der Waals surface area contributed by atoms with Crippen LogP contribution in [0.1, 0.15) is 28.4 Å². The Kier molecular flexibility index (Phi) is 5.98. The monoisotopic (exact) mass is 379 g/mol. The van der Waals surface area contributed by atoms with Gasteiger partial charge < -0.3 is 5.32 Å². The maximum absolute atomic E-state index is 12.3. The Bertz CT molecular complexity index is 931. The first kappa shape index (κ1) is 18.8. The van der Waals surface area contributed by atoms with Crippen molar-refractivity contribution >= 4 is 28.3 Å². The van der Waals surface area contributed by atoms with Crippen LogP contribution in [-0.4, -0.2) is 23.3 Å².